The molecule has 0 heterocycles. The molecule has 23 heavy (non-hydrogen) atoms. The highest BCUT2D eigenvalue weighted by Crippen LogP contribution is 2.37. The molecule has 1 aliphatic rings. The van der Waals surface area contributed by atoms with Crippen molar-refractivity contribution in [1.82, 2.24) is 0 Å². The van der Waals surface area contributed by atoms with Crippen LogP contribution < -0.4 is 4.74 Å². The normalized spacial score (nSPS) is 18.3. The Bertz CT molecular complexity index is 484. The molecule has 0 N–H and O–H groups in total. The van der Waals surface area contributed by atoms with Gasteiger partial charge in [-0.1, -0.05) is 64.5 Å². The van der Waals surface area contributed by atoms with E-state index in [1.165, 1.54) is 25.7 Å². The van der Waals surface area contributed by atoms with E-state index in [4.69, 9.17) is 0 Å². The monoisotopic (exact) mass is 328 g/mol. The summed E-state index contributed by atoms with van der Waals surface area (Å²) in [4.78, 5) is 0. The van der Waals surface area contributed by atoms with Gasteiger partial charge in [-0.2, -0.15) is 0 Å². The first-order chi connectivity index (χ1) is 10.9. The molecule has 0 saturated heterocycles. The average molecular weight is 328 g/mol. The second kappa shape index (κ2) is 8.07. The van der Waals surface area contributed by atoms with Crippen molar-refractivity contribution in [3.8, 4) is 5.75 Å². The van der Waals surface area contributed by atoms with E-state index in [-0.39, 0.29) is 11.7 Å². The van der Waals surface area contributed by atoms with Crippen LogP contribution in [0.15, 0.2) is 18.2 Å². The van der Waals surface area contributed by atoms with E-state index in [0.717, 1.165) is 31.2 Å². The average Bonchev–Trinajstić information content (AvgIpc) is 2.58. The highest BCUT2D eigenvalue weighted by atomic mass is 19.4. The number of benzene rings is 1. The molecule has 4 heteroatoms. The van der Waals surface area contributed by atoms with Crippen LogP contribution in [-0.4, -0.2) is 6.36 Å². The first-order valence-corrected chi connectivity index (χ1v) is 8.76. The van der Waals surface area contributed by atoms with Crippen LogP contribution in [0, 0.1) is 0 Å². The van der Waals surface area contributed by atoms with E-state index in [9.17, 15) is 13.2 Å². The van der Waals surface area contributed by atoms with E-state index in [2.05, 4.69) is 4.74 Å². The quantitative estimate of drug-likeness (QED) is 0.584. The molecule has 0 unspecified atom stereocenters. The minimum absolute atomic E-state index is 0.00179. The molecule has 0 aliphatic heterocycles. The molecule has 1 fully saturated rings. The lowest BCUT2D eigenvalue weighted by Crippen LogP contribution is -2.18. The van der Waals surface area contributed by atoms with Gasteiger partial charge in [0.05, 0.1) is 0 Å². The van der Waals surface area contributed by atoms with Crippen molar-refractivity contribution in [1.29, 1.82) is 0 Å². The topological polar surface area (TPSA) is 9.23 Å². The fourth-order valence-corrected chi connectivity index (χ4v) is 3.46. The number of halogens is 3. The minimum Gasteiger partial charge on any atom is -0.405 e. The number of alkyl halides is 3. The zero-order valence-electron chi connectivity index (χ0n) is 14.1. The maximum absolute atomic E-state index is 12.7. The van der Waals surface area contributed by atoms with Gasteiger partial charge < -0.3 is 4.74 Å². The van der Waals surface area contributed by atoms with Crippen LogP contribution in [-0.2, 0) is 0 Å². The first kappa shape index (κ1) is 18.2. The molecule has 1 aromatic carbocycles. The molecule has 0 bridgehead atoms. The Morgan fingerprint density at radius 2 is 1.52 bits per heavy atom. The second-order valence-corrected chi connectivity index (χ2v) is 6.90. The Hall–Kier alpha value is -1.19. The van der Waals surface area contributed by atoms with Gasteiger partial charge in [-0.05, 0) is 41.9 Å². The molecule has 0 aromatic heterocycles. The highest BCUT2D eigenvalue weighted by Gasteiger charge is 2.32. The first-order valence-electron chi connectivity index (χ1n) is 8.76. The molecule has 0 atom stereocenters. The van der Waals surface area contributed by atoms with Crippen molar-refractivity contribution in [3.05, 3.63) is 29.3 Å². The number of rotatable bonds is 3. The zero-order valence-corrected chi connectivity index (χ0v) is 14.1. The minimum atomic E-state index is -4.64. The van der Waals surface area contributed by atoms with Crippen LogP contribution in [0.25, 0.3) is 0 Å². The van der Waals surface area contributed by atoms with Crippen molar-refractivity contribution >= 4 is 0 Å². The summed E-state index contributed by atoms with van der Waals surface area (Å²) < 4.78 is 42.4. The summed E-state index contributed by atoms with van der Waals surface area (Å²) in [5.41, 5.74) is 1.62. The van der Waals surface area contributed by atoms with Crippen molar-refractivity contribution in [2.24, 2.45) is 0 Å². The summed E-state index contributed by atoms with van der Waals surface area (Å²) in [7, 11) is 0. The Kier molecular flexibility index (Phi) is 6.37. The van der Waals surface area contributed by atoms with Crippen molar-refractivity contribution < 1.29 is 17.9 Å². The van der Waals surface area contributed by atoms with Gasteiger partial charge in [0.15, 0.2) is 0 Å². The molecule has 0 spiro atoms. The number of hydrogen-bond donors (Lipinski definition) is 0. The van der Waals surface area contributed by atoms with Crippen molar-refractivity contribution in [3.63, 3.8) is 0 Å². The summed E-state index contributed by atoms with van der Waals surface area (Å²) in [6.07, 6.45) is 4.82. The Balaban J connectivity index is 2.25. The van der Waals surface area contributed by atoms with Crippen LogP contribution in [0.4, 0.5) is 13.2 Å². The molecule has 1 nitrogen and oxygen atoms in total. The fraction of sp³-hybridized carbons (Fsp3) is 0.684. The van der Waals surface area contributed by atoms with Gasteiger partial charge in [-0.3, -0.25) is 0 Å². The van der Waals surface area contributed by atoms with E-state index < -0.39 is 6.36 Å². The van der Waals surface area contributed by atoms with E-state index >= 15 is 0 Å². The van der Waals surface area contributed by atoms with E-state index in [0.29, 0.717) is 11.5 Å². The predicted octanol–water partition coefficient (Wildman–Crippen LogP) is 6.93. The van der Waals surface area contributed by atoms with Gasteiger partial charge in [0.1, 0.15) is 5.75 Å². The molecule has 130 valence electrons. The Labute approximate surface area is 137 Å². The molecule has 1 saturated carbocycles. The maximum atomic E-state index is 12.7. The van der Waals surface area contributed by atoms with E-state index in [1.54, 1.807) is 6.07 Å². The third-order valence-electron chi connectivity index (χ3n) is 4.71. The van der Waals surface area contributed by atoms with Crippen LogP contribution >= 0.6 is 0 Å². The molecular formula is C19H27F3O. The van der Waals surface area contributed by atoms with Gasteiger partial charge in [-0.25, -0.2) is 0 Å². The summed E-state index contributed by atoms with van der Waals surface area (Å²) in [6, 6.07) is 5.44. The number of ether oxygens (including phenoxy) is 1. The molecule has 1 aliphatic carbocycles. The largest absolute Gasteiger partial charge is 0.573 e. The summed E-state index contributed by atoms with van der Waals surface area (Å²) >= 11 is 0. The summed E-state index contributed by atoms with van der Waals surface area (Å²) in [6.45, 7) is 3.77. The molecular weight excluding hydrogens is 301 g/mol. The highest BCUT2D eigenvalue weighted by molar-refractivity contribution is 5.41. The van der Waals surface area contributed by atoms with Crippen LogP contribution in [0.1, 0.15) is 88.2 Å². The van der Waals surface area contributed by atoms with Gasteiger partial charge in [0.2, 0.25) is 0 Å². The van der Waals surface area contributed by atoms with Crippen LogP contribution in [0.5, 0.6) is 5.75 Å². The van der Waals surface area contributed by atoms with Gasteiger partial charge in [0, 0.05) is 0 Å². The molecule has 1 aromatic rings. The van der Waals surface area contributed by atoms with Crippen LogP contribution in [0.3, 0.4) is 0 Å². The SMILES string of the molecule is CC(C)c1ccc(C2CCCCCCCC2)cc1OC(F)(F)F. The lowest BCUT2D eigenvalue weighted by atomic mass is 9.88. The smallest absolute Gasteiger partial charge is 0.405 e. The zero-order chi connectivity index (χ0) is 16.9. The standard InChI is InChI=1S/C19H27F3O/c1-14(2)17-12-11-16(13-18(17)23-19(20,21)22)15-9-7-5-3-4-6-8-10-15/h11-15H,3-10H2,1-2H3. The van der Waals surface area contributed by atoms with E-state index in [1.807, 2.05) is 26.0 Å². The van der Waals surface area contributed by atoms with Gasteiger partial charge >= 0.3 is 6.36 Å². The van der Waals surface area contributed by atoms with Gasteiger partial charge in [0.25, 0.3) is 0 Å². The Morgan fingerprint density at radius 1 is 0.957 bits per heavy atom. The third-order valence-corrected chi connectivity index (χ3v) is 4.71. The third kappa shape index (κ3) is 5.74. The lowest BCUT2D eigenvalue weighted by Gasteiger charge is -2.21. The summed E-state index contributed by atoms with van der Waals surface area (Å²) in [5.74, 6) is 0.330. The lowest BCUT2D eigenvalue weighted by molar-refractivity contribution is -0.275. The van der Waals surface area contributed by atoms with Gasteiger partial charge in [-0.15, -0.1) is 13.2 Å². The maximum Gasteiger partial charge on any atom is 0.573 e. The number of hydrogen-bond acceptors (Lipinski definition) is 1. The van der Waals surface area contributed by atoms with Crippen molar-refractivity contribution in [2.45, 2.75) is 83.4 Å². The second-order valence-electron chi connectivity index (χ2n) is 6.90. The molecule has 2 rings (SSSR count). The molecule has 0 radical (unpaired) electrons. The molecule has 0 amide bonds. The summed E-state index contributed by atoms with van der Waals surface area (Å²) in [5, 5.41) is 0. The van der Waals surface area contributed by atoms with Crippen LogP contribution in [0.2, 0.25) is 0 Å². The van der Waals surface area contributed by atoms with Crippen molar-refractivity contribution in [2.75, 3.05) is 0 Å². The predicted molar refractivity (Wildman–Crippen MR) is 86.9 cm³/mol. The Morgan fingerprint density at radius 3 is 2.04 bits per heavy atom. The fourth-order valence-electron chi connectivity index (χ4n) is 3.46.